The van der Waals surface area contributed by atoms with E-state index in [4.69, 9.17) is 14.2 Å². The van der Waals surface area contributed by atoms with Crippen molar-refractivity contribution in [3.05, 3.63) is 66.1 Å². The molecule has 6 nitrogen and oxygen atoms in total. The average molecular weight is 438 g/mol. The second-order valence-electron chi connectivity index (χ2n) is 8.37. The number of hydrogen-bond acceptors (Lipinski definition) is 5. The van der Waals surface area contributed by atoms with Gasteiger partial charge in [-0.15, -0.1) is 0 Å². The van der Waals surface area contributed by atoms with Gasteiger partial charge in [0.2, 0.25) is 0 Å². The lowest BCUT2D eigenvalue weighted by molar-refractivity contribution is -0.166. The van der Waals surface area contributed by atoms with Crippen LogP contribution < -0.4 is 4.74 Å². The molecule has 0 radical (unpaired) electrons. The Balaban J connectivity index is 1.68. The van der Waals surface area contributed by atoms with Crippen molar-refractivity contribution in [2.45, 2.75) is 51.4 Å². The largest absolute Gasteiger partial charge is 0.490 e. The maximum absolute atomic E-state index is 14.6. The van der Waals surface area contributed by atoms with E-state index < -0.39 is 11.6 Å². The van der Waals surface area contributed by atoms with Crippen LogP contribution in [0.3, 0.4) is 0 Å². The lowest BCUT2D eigenvalue weighted by atomic mass is 9.96. The number of methoxy groups -OCH3 is 1. The van der Waals surface area contributed by atoms with Crippen LogP contribution in [0.2, 0.25) is 0 Å². The molecule has 168 valence electrons. The summed E-state index contributed by atoms with van der Waals surface area (Å²) in [5.41, 5.74) is 1.30. The summed E-state index contributed by atoms with van der Waals surface area (Å²) in [5, 5.41) is 4.58. The third-order valence-corrected chi connectivity index (χ3v) is 5.58. The first-order valence-electron chi connectivity index (χ1n) is 10.7. The number of para-hydroxylation sites is 1. The molecule has 0 bridgehead atoms. The van der Waals surface area contributed by atoms with Crippen molar-refractivity contribution < 1.29 is 23.4 Å². The van der Waals surface area contributed by atoms with Crippen LogP contribution in [-0.4, -0.2) is 34.6 Å². The van der Waals surface area contributed by atoms with Crippen molar-refractivity contribution in [3.63, 3.8) is 0 Å². The minimum Gasteiger partial charge on any atom is -0.490 e. The van der Waals surface area contributed by atoms with Gasteiger partial charge in [0.25, 0.3) is 0 Å². The minimum atomic E-state index is -1.13. The lowest BCUT2D eigenvalue weighted by Crippen LogP contribution is -2.35. The number of nitrogens with zero attached hydrogens (tertiary/aromatic N) is 2. The highest BCUT2D eigenvalue weighted by Crippen LogP contribution is 2.31. The summed E-state index contributed by atoms with van der Waals surface area (Å²) in [6, 6.07) is 16.0. The highest BCUT2D eigenvalue weighted by Gasteiger charge is 2.30. The van der Waals surface area contributed by atoms with E-state index in [1.54, 1.807) is 36.7 Å². The van der Waals surface area contributed by atoms with Crippen molar-refractivity contribution in [1.82, 2.24) is 9.78 Å². The molecule has 0 atom stereocenters. The Labute approximate surface area is 186 Å². The SMILES string of the molecule is COC(=O)C(C)(C)OCc1cc(-c2cccc(OC3CCC3)c2)n(-c2ccccc2F)n1. The Morgan fingerprint density at radius 3 is 2.62 bits per heavy atom. The van der Waals surface area contributed by atoms with Crippen LogP contribution in [0.15, 0.2) is 54.6 Å². The highest BCUT2D eigenvalue weighted by molar-refractivity contribution is 5.78. The first-order chi connectivity index (χ1) is 15.4. The van der Waals surface area contributed by atoms with Crippen LogP contribution in [-0.2, 0) is 20.9 Å². The quantitative estimate of drug-likeness (QED) is 0.459. The molecule has 0 amide bonds. The number of rotatable bonds is 8. The van der Waals surface area contributed by atoms with Gasteiger partial charge in [0.15, 0.2) is 5.60 Å². The highest BCUT2D eigenvalue weighted by atomic mass is 19.1. The number of esters is 1. The van der Waals surface area contributed by atoms with Crippen LogP contribution in [0.5, 0.6) is 5.75 Å². The molecule has 1 fully saturated rings. The summed E-state index contributed by atoms with van der Waals surface area (Å²) in [7, 11) is 1.32. The third-order valence-electron chi connectivity index (χ3n) is 5.58. The summed E-state index contributed by atoms with van der Waals surface area (Å²) in [4.78, 5) is 11.9. The molecule has 1 aliphatic carbocycles. The van der Waals surface area contributed by atoms with Crippen LogP contribution in [0, 0.1) is 5.82 Å². The zero-order valence-corrected chi connectivity index (χ0v) is 18.5. The molecule has 0 N–H and O–H groups in total. The fourth-order valence-electron chi connectivity index (χ4n) is 3.48. The molecule has 0 unspecified atom stereocenters. The number of benzene rings is 2. The second kappa shape index (κ2) is 9.12. The predicted molar refractivity (Wildman–Crippen MR) is 118 cm³/mol. The monoisotopic (exact) mass is 438 g/mol. The van der Waals surface area contributed by atoms with E-state index in [9.17, 15) is 9.18 Å². The van der Waals surface area contributed by atoms with Gasteiger partial charge in [-0.1, -0.05) is 24.3 Å². The van der Waals surface area contributed by atoms with Gasteiger partial charge in [0.1, 0.15) is 17.3 Å². The lowest BCUT2D eigenvalue weighted by Gasteiger charge is -2.26. The van der Waals surface area contributed by atoms with E-state index in [0.717, 1.165) is 24.2 Å². The smallest absolute Gasteiger partial charge is 0.337 e. The fourth-order valence-corrected chi connectivity index (χ4v) is 3.48. The Kier molecular flexibility index (Phi) is 6.28. The van der Waals surface area contributed by atoms with Gasteiger partial charge in [-0.25, -0.2) is 13.9 Å². The zero-order chi connectivity index (χ0) is 22.7. The molecular weight excluding hydrogens is 411 g/mol. The summed E-state index contributed by atoms with van der Waals surface area (Å²) >= 11 is 0. The third kappa shape index (κ3) is 4.67. The van der Waals surface area contributed by atoms with Crippen molar-refractivity contribution >= 4 is 5.97 Å². The summed E-state index contributed by atoms with van der Waals surface area (Å²) < 4.78 is 32.8. The summed E-state index contributed by atoms with van der Waals surface area (Å²) in [6.45, 7) is 3.33. The molecule has 0 aliphatic heterocycles. The molecule has 1 heterocycles. The molecule has 1 aromatic heterocycles. The average Bonchev–Trinajstić information content (AvgIpc) is 3.19. The normalized spacial score (nSPS) is 14.1. The molecule has 0 saturated heterocycles. The molecule has 4 rings (SSSR count). The molecule has 1 aliphatic rings. The van der Waals surface area contributed by atoms with Crippen molar-refractivity contribution in [2.75, 3.05) is 7.11 Å². The van der Waals surface area contributed by atoms with Gasteiger partial charge >= 0.3 is 5.97 Å². The molecule has 3 aromatic rings. The van der Waals surface area contributed by atoms with E-state index in [1.165, 1.54) is 19.6 Å². The standard InChI is InChI=1S/C25H27FN2O4/c1-25(2,24(29)30-3)31-16-18-15-23(28(27-18)22-13-5-4-12-21(22)26)17-8-6-11-20(14-17)32-19-9-7-10-19/h4-6,8,11-15,19H,7,9-10,16H2,1-3H3. The Hall–Kier alpha value is -3.19. The van der Waals surface area contributed by atoms with E-state index in [2.05, 4.69) is 5.10 Å². The van der Waals surface area contributed by atoms with Gasteiger partial charge in [0, 0.05) is 5.56 Å². The van der Waals surface area contributed by atoms with Crippen LogP contribution in [0.4, 0.5) is 4.39 Å². The maximum atomic E-state index is 14.6. The zero-order valence-electron chi connectivity index (χ0n) is 18.5. The van der Waals surface area contributed by atoms with Gasteiger partial charge in [-0.3, -0.25) is 0 Å². The summed E-state index contributed by atoms with van der Waals surface area (Å²) in [6.07, 6.45) is 3.57. The maximum Gasteiger partial charge on any atom is 0.337 e. The Morgan fingerprint density at radius 2 is 1.94 bits per heavy atom. The van der Waals surface area contributed by atoms with Gasteiger partial charge in [-0.2, -0.15) is 5.10 Å². The van der Waals surface area contributed by atoms with Crippen LogP contribution >= 0.6 is 0 Å². The van der Waals surface area contributed by atoms with Gasteiger partial charge in [0.05, 0.1) is 31.2 Å². The Morgan fingerprint density at radius 1 is 1.16 bits per heavy atom. The van der Waals surface area contributed by atoms with Gasteiger partial charge < -0.3 is 14.2 Å². The molecular formula is C25H27FN2O4. The predicted octanol–water partition coefficient (Wildman–Crippen LogP) is 5.08. The molecule has 1 saturated carbocycles. The molecule has 0 spiro atoms. The number of ether oxygens (including phenoxy) is 3. The molecule has 32 heavy (non-hydrogen) atoms. The number of halogens is 1. The minimum absolute atomic E-state index is 0.0643. The van der Waals surface area contributed by atoms with Crippen molar-refractivity contribution in [1.29, 1.82) is 0 Å². The van der Waals surface area contributed by atoms with Crippen molar-refractivity contribution in [2.24, 2.45) is 0 Å². The first-order valence-corrected chi connectivity index (χ1v) is 10.7. The second-order valence-corrected chi connectivity index (χ2v) is 8.37. The number of carbonyl (C=O) groups is 1. The van der Waals surface area contributed by atoms with Crippen LogP contribution in [0.1, 0.15) is 38.8 Å². The number of hydrogen-bond donors (Lipinski definition) is 0. The number of carbonyl (C=O) groups excluding carboxylic acids is 1. The summed E-state index contributed by atoms with van der Waals surface area (Å²) in [5.74, 6) is -0.0914. The van der Waals surface area contributed by atoms with Crippen molar-refractivity contribution in [3.8, 4) is 22.7 Å². The van der Waals surface area contributed by atoms with E-state index in [1.807, 2.05) is 30.3 Å². The van der Waals surface area contributed by atoms with E-state index >= 15 is 0 Å². The first kappa shape index (κ1) is 22.0. The van der Waals surface area contributed by atoms with E-state index in [-0.39, 0.29) is 18.5 Å². The molecule has 2 aromatic carbocycles. The fraction of sp³-hybridized carbons (Fsp3) is 0.360. The van der Waals surface area contributed by atoms with Crippen LogP contribution in [0.25, 0.3) is 16.9 Å². The van der Waals surface area contributed by atoms with Gasteiger partial charge in [-0.05, 0) is 63.4 Å². The number of aromatic nitrogens is 2. The molecule has 7 heteroatoms. The van der Waals surface area contributed by atoms with E-state index in [0.29, 0.717) is 17.1 Å². The topological polar surface area (TPSA) is 62.6 Å². The Bertz CT molecular complexity index is 1100.